The van der Waals surface area contributed by atoms with Gasteiger partial charge in [0, 0.05) is 33.5 Å². The van der Waals surface area contributed by atoms with Gasteiger partial charge in [-0.15, -0.1) is 0 Å². The number of rotatable bonds is 6. The molecule has 10 aromatic carbocycles. The maximum atomic E-state index is 2.54. The summed E-state index contributed by atoms with van der Waals surface area (Å²) >= 11 is 0. The Labute approximate surface area is 341 Å². The van der Waals surface area contributed by atoms with Gasteiger partial charge in [0.25, 0.3) is 0 Å². The summed E-state index contributed by atoms with van der Waals surface area (Å²) < 4.78 is 0. The Kier molecular flexibility index (Phi) is 8.32. The Hall–Kier alpha value is -6.64. The van der Waals surface area contributed by atoms with Crippen molar-refractivity contribution in [1.29, 1.82) is 0 Å². The highest BCUT2D eigenvalue weighted by molar-refractivity contribution is 6.41. The Balaban J connectivity index is 1.54. The van der Waals surface area contributed by atoms with Crippen LogP contribution in [0.2, 0.25) is 0 Å². The lowest BCUT2D eigenvalue weighted by molar-refractivity contribution is 0.601. The summed E-state index contributed by atoms with van der Waals surface area (Å²) in [5.74, 6) is 0. The van der Waals surface area contributed by atoms with Gasteiger partial charge in [0.15, 0.2) is 0 Å². The molecule has 2 nitrogen and oxygen atoms in total. The number of fused-ring (bicyclic) bond motifs is 4. The molecule has 0 heterocycles. The first-order valence-electron chi connectivity index (χ1n) is 20.5. The SMILES string of the molecule is Cc1ccc(N(c2ccc(C)cc2)c2cc3c4cccc5cccc(c54)c4c5ccccc5c(C(C)(C)C)c(c2N(c2ccc(C)cc2)c2ccc(C)cc2)c34)cc1. The summed E-state index contributed by atoms with van der Waals surface area (Å²) in [5, 5.41) is 12.9. The van der Waals surface area contributed by atoms with E-state index in [1.807, 2.05) is 0 Å². The number of aryl methyl sites for hydroxylation is 4. The fraction of sp³-hybridized carbons (Fsp3) is 0.143. The van der Waals surface area contributed by atoms with E-state index in [1.54, 1.807) is 0 Å². The first-order valence-corrected chi connectivity index (χ1v) is 20.5. The molecule has 0 aromatic heterocycles. The second kappa shape index (κ2) is 13.5. The second-order valence-corrected chi connectivity index (χ2v) is 17.3. The average Bonchev–Trinajstić information content (AvgIpc) is 3.22. The summed E-state index contributed by atoms with van der Waals surface area (Å²) in [5.41, 5.74) is 12.8. The molecule has 0 fully saturated rings. The number of benzene rings is 10. The van der Waals surface area contributed by atoms with Gasteiger partial charge < -0.3 is 9.80 Å². The van der Waals surface area contributed by atoms with Crippen molar-refractivity contribution in [1.82, 2.24) is 0 Å². The quantitative estimate of drug-likeness (QED) is 0.123. The molecule has 2 heteroatoms. The van der Waals surface area contributed by atoms with E-state index in [4.69, 9.17) is 0 Å². The molecule has 0 spiro atoms. The highest BCUT2D eigenvalue weighted by Gasteiger charge is 2.33. The highest BCUT2D eigenvalue weighted by atomic mass is 15.2. The molecule has 0 N–H and O–H groups in total. The summed E-state index contributed by atoms with van der Waals surface area (Å²) in [6.45, 7) is 15.9. The molecule has 282 valence electrons. The van der Waals surface area contributed by atoms with Gasteiger partial charge in [0.2, 0.25) is 0 Å². The molecule has 0 atom stereocenters. The van der Waals surface area contributed by atoms with Gasteiger partial charge in [-0.05, 0) is 136 Å². The van der Waals surface area contributed by atoms with E-state index >= 15 is 0 Å². The molecule has 0 radical (unpaired) electrons. The lowest BCUT2D eigenvalue weighted by Gasteiger charge is -2.37. The molecule has 0 aliphatic carbocycles. The smallest absolute Gasteiger partial charge is 0.0785 e. The molecule has 10 aromatic rings. The third kappa shape index (κ3) is 5.70. The van der Waals surface area contributed by atoms with Crippen molar-refractivity contribution in [3.8, 4) is 0 Å². The largest absolute Gasteiger partial charge is 0.308 e. The van der Waals surface area contributed by atoms with Gasteiger partial charge in [-0.25, -0.2) is 0 Å². The third-order valence-corrected chi connectivity index (χ3v) is 12.1. The topological polar surface area (TPSA) is 6.48 Å². The van der Waals surface area contributed by atoms with Crippen molar-refractivity contribution in [2.45, 2.75) is 53.9 Å². The number of nitrogens with zero attached hydrogens (tertiary/aromatic N) is 2. The van der Waals surface area contributed by atoms with E-state index in [1.165, 1.54) is 81.7 Å². The number of anilines is 6. The van der Waals surface area contributed by atoms with Crippen LogP contribution in [0.4, 0.5) is 34.1 Å². The van der Waals surface area contributed by atoms with Gasteiger partial charge in [-0.3, -0.25) is 0 Å². The van der Waals surface area contributed by atoms with Gasteiger partial charge in [0.05, 0.1) is 11.4 Å². The number of hydrogen-bond donors (Lipinski definition) is 0. The van der Waals surface area contributed by atoms with Crippen molar-refractivity contribution in [2.75, 3.05) is 9.80 Å². The van der Waals surface area contributed by atoms with E-state index in [0.29, 0.717) is 0 Å². The van der Waals surface area contributed by atoms with Gasteiger partial charge >= 0.3 is 0 Å². The fourth-order valence-corrected chi connectivity index (χ4v) is 9.40. The van der Waals surface area contributed by atoms with E-state index in [2.05, 4.69) is 222 Å². The molecule has 0 saturated carbocycles. The van der Waals surface area contributed by atoms with E-state index < -0.39 is 0 Å². The van der Waals surface area contributed by atoms with Crippen LogP contribution >= 0.6 is 0 Å². The minimum atomic E-state index is -0.226. The molecule has 0 amide bonds. The molecule has 0 unspecified atom stereocenters. The first kappa shape index (κ1) is 35.8. The zero-order valence-corrected chi connectivity index (χ0v) is 34.5. The van der Waals surface area contributed by atoms with Gasteiger partial charge in [-0.1, -0.05) is 152 Å². The molecule has 0 aliphatic heterocycles. The van der Waals surface area contributed by atoms with Crippen molar-refractivity contribution in [2.24, 2.45) is 0 Å². The highest BCUT2D eigenvalue weighted by Crippen LogP contribution is 2.57. The molecule has 0 saturated heterocycles. The van der Waals surface area contributed by atoms with Crippen LogP contribution in [0.25, 0.3) is 53.9 Å². The summed E-state index contributed by atoms with van der Waals surface area (Å²) in [6.07, 6.45) is 0. The predicted octanol–water partition coefficient (Wildman–Crippen LogP) is 16.4. The van der Waals surface area contributed by atoms with E-state index in [9.17, 15) is 0 Å². The maximum Gasteiger partial charge on any atom is 0.0785 e. The summed E-state index contributed by atoms with van der Waals surface area (Å²) in [4.78, 5) is 5.04. The molecule has 58 heavy (non-hydrogen) atoms. The zero-order valence-electron chi connectivity index (χ0n) is 34.5. The Morgan fingerprint density at radius 1 is 0.345 bits per heavy atom. The second-order valence-electron chi connectivity index (χ2n) is 17.3. The van der Waals surface area contributed by atoms with Crippen molar-refractivity contribution in [3.05, 3.63) is 192 Å². The van der Waals surface area contributed by atoms with Crippen LogP contribution in [0.3, 0.4) is 0 Å². The third-order valence-electron chi connectivity index (χ3n) is 12.1. The van der Waals surface area contributed by atoms with Crippen LogP contribution in [0.1, 0.15) is 48.6 Å². The summed E-state index contributed by atoms with van der Waals surface area (Å²) in [6, 6.07) is 61.6. The minimum Gasteiger partial charge on any atom is -0.308 e. The summed E-state index contributed by atoms with van der Waals surface area (Å²) in [7, 11) is 0. The minimum absolute atomic E-state index is 0.226. The Morgan fingerprint density at radius 3 is 1.24 bits per heavy atom. The molecule has 0 aliphatic rings. The van der Waals surface area contributed by atoms with Gasteiger partial charge in [0.1, 0.15) is 0 Å². The predicted molar refractivity (Wildman–Crippen MR) is 252 cm³/mol. The molecular formula is C56H48N2. The molecule has 0 bridgehead atoms. The van der Waals surface area contributed by atoms with Gasteiger partial charge in [-0.2, -0.15) is 0 Å². The van der Waals surface area contributed by atoms with Crippen molar-refractivity contribution < 1.29 is 0 Å². The Bertz CT molecular complexity index is 3050. The van der Waals surface area contributed by atoms with Crippen LogP contribution in [0.5, 0.6) is 0 Å². The maximum absolute atomic E-state index is 2.54. The van der Waals surface area contributed by atoms with E-state index in [0.717, 1.165) is 34.1 Å². The van der Waals surface area contributed by atoms with Crippen LogP contribution in [-0.4, -0.2) is 0 Å². The van der Waals surface area contributed by atoms with Crippen molar-refractivity contribution in [3.63, 3.8) is 0 Å². The average molecular weight is 749 g/mol. The first-order chi connectivity index (χ1) is 28.1. The number of hydrogen-bond acceptors (Lipinski definition) is 2. The lowest BCUT2D eigenvalue weighted by Crippen LogP contribution is -2.20. The monoisotopic (exact) mass is 748 g/mol. The standard InChI is InChI=1S/C56H48N2/c1-35-18-26-40(27-19-35)57(41-28-20-36(2)21-29-41)49-34-48-45-16-10-12-39-13-11-17-47(50(39)45)51-44-14-8-9-15-46(44)54(56(5,6)7)53(52(48)51)55(49)58(42-30-22-37(3)23-31-42)43-32-24-38(4)25-33-43/h8-34H,1-7H3. The fourth-order valence-electron chi connectivity index (χ4n) is 9.40. The van der Waals surface area contributed by atoms with E-state index in [-0.39, 0.29) is 5.41 Å². The molecule has 10 rings (SSSR count). The van der Waals surface area contributed by atoms with Crippen LogP contribution in [0.15, 0.2) is 164 Å². The molecular weight excluding hydrogens is 701 g/mol. The zero-order chi connectivity index (χ0) is 39.9. The lowest BCUT2D eigenvalue weighted by atomic mass is 9.76. The van der Waals surface area contributed by atoms with Crippen LogP contribution < -0.4 is 9.80 Å². The Morgan fingerprint density at radius 2 is 0.759 bits per heavy atom. The van der Waals surface area contributed by atoms with Crippen molar-refractivity contribution >= 4 is 88.0 Å². The van der Waals surface area contributed by atoms with Crippen LogP contribution in [-0.2, 0) is 5.41 Å². The van der Waals surface area contributed by atoms with Crippen LogP contribution in [0, 0.1) is 27.7 Å². The normalized spacial score (nSPS) is 12.1.